The van der Waals surface area contributed by atoms with Gasteiger partial charge in [-0.3, -0.25) is 4.79 Å². The van der Waals surface area contributed by atoms with Crippen LogP contribution in [-0.4, -0.2) is 17.2 Å². The molecule has 0 fully saturated rings. The summed E-state index contributed by atoms with van der Waals surface area (Å²) in [6.07, 6.45) is 1.78. The fraction of sp³-hybridized carbons (Fsp3) is 0.462. The van der Waals surface area contributed by atoms with Crippen LogP contribution in [0.4, 0.5) is 0 Å². The average molecular weight is 285 g/mol. The predicted octanol–water partition coefficient (Wildman–Crippen LogP) is 3.83. The maximum absolute atomic E-state index is 11.8. The van der Waals surface area contributed by atoms with Gasteiger partial charge in [0.2, 0.25) is 0 Å². The zero-order chi connectivity index (χ0) is 12.0. The Labute approximate surface area is 105 Å². The lowest BCUT2D eigenvalue weighted by molar-refractivity contribution is 0.0990. The molecule has 1 aromatic rings. The maximum Gasteiger partial charge on any atom is 0.176 e. The number of benzene rings is 1. The SMILES string of the molecule is CCCOc1ccc(C(=O)C(Br)CC)cc1. The van der Waals surface area contributed by atoms with Crippen molar-refractivity contribution >= 4 is 21.7 Å². The van der Waals surface area contributed by atoms with E-state index in [1.165, 1.54) is 0 Å². The van der Waals surface area contributed by atoms with E-state index in [1.54, 1.807) is 0 Å². The highest BCUT2D eigenvalue weighted by atomic mass is 79.9. The monoisotopic (exact) mass is 284 g/mol. The minimum atomic E-state index is -0.0880. The molecule has 1 rings (SSSR count). The van der Waals surface area contributed by atoms with Crippen molar-refractivity contribution < 1.29 is 9.53 Å². The Morgan fingerprint density at radius 2 is 1.94 bits per heavy atom. The number of Topliss-reactive ketones (excluding diaryl/α,β-unsaturated/α-hetero) is 1. The van der Waals surface area contributed by atoms with Gasteiger partial charge in [-0.25, -0.2) is 0 Å². The van der Waals surface area contributed by atoms with E-state index >= 15 is 0 Å². The second-order valence-corrected chi connectivity index (χ2v) is 4.72. The molecule has 0 saturated heterocycles. The number of rotatable bonds is 6. The summed E-state index contributed by atoms with van der Waals surface area (Å²) in [4.78, 5) is 11.7. The molecule has 0 aliphatic rings. The standard InChI is InChI=1S/C13H17BrO2/c1-3-9-16-11-7-5-10(6-8-11)13(15)12(14)4-2/h5-8,12H,3-4,9H2,1-2H3. The third-order valence-electron chi connectivity index (χ3n) is 2.25. The molecule has 1 atom stereocenters. The van der Waals surface area contributed by atoms with E-state index in [0.29, 0.717) is 6.61 Å². The summed E-state index contributed by atoms with van der Waals surface area (Å²) >= 11 is 3.36. The minimum Gasteiger partial charge on any atom is -0.494 e. The van der Waals surface area contributed by atoms with Gasteiger partial charge in [0.05, 0.1) is 11.4 Å². The second-order valence-electron chi connectivity index (χ2n) is 3.61. The molecule has 0 radical (unpaired) electrons. The van der Waals surface area contributed by atoms with Gasteiger partial charge in [0.1, 0.15) is 5.75 Å². The molecule has 0 aliphatic heterocycles. The molecule has 0 bridgehead atoms. The fourth-order valence-electron chi connectivity index (χ4n) is 1.30. The summed E-state index contributed by atoms with van der Waals surface area (Å²) in [6, 6.07) is 7.32. The number of ether oxygens (including phenoxy) is 1. The molecule has 0 spiro atoms. The summed E-state index contributed by atoms with van der Waals surface area (Å²) < 4.78 is 5.45. The topological polar surface area (TPSA) is 26.3 Å². The summed E-state index contributed by atoms with van der Waals surface area (Å²) in [5.41, 5.74) is 0.729. The molecule has 16 heavy (non-hydrogen) atoms. The number of ketones is 1. The molecule has 88 valence electrons. The van der Waals surface area contributed by atoms with Gasteiger partial charge in [0.15, 0.2) is 5.78 Å². The summed E-state index contributed by atoms with van der Waals surface area (Å²) in [7, 11) is 0. The van der Waals surface area contributed by atoms with Crippen molar-refractivity contribution in [1.82, 2.24) is 0 Å². The Bertz CT molecular complexity index is 332. The Morgan fingerprint density at radius 1 is 1.31 bits per heavy atom. The molecule has 0 amide bonds. The summed E-state index contributed by atoms with van der Waals surface area (Å²) in [5, 5.41) is 0. The first-order chi connectivity index (χ1) is 7.69. The molecule has 0 heterocycles. The first-order valence-corrected chi connectivity index (χ1v) is 6.51. The van der Waals surface area contributed by atoms with Gasteiger partial charge in [-0.2, -0.15) is 0 Å². The number of alkyl halides is 1. The van der Waals surface area contributed by atoms with Crippen LogP contribution in [0.5, 0.6) is 5.75 Å². The van der Waals surface area contributed by atoms with Crippen LogP contribution < -0.4 is 4.74 Å². The summed E-state index contributed by atoms with van der Waals surface area (Å²) in [5.74, 6) is 0.950. The number of carbonyl (C=O) groups excluding carboxylic acids is 1. The first kappa shape index (κ1) is 13.2. The van der Waals surface area contributed by atoms with E-state index in [1.807, 2.05) is 31.2 Å². The molecule has 3 heteroatoms. The van der Waals surface area contributed by atoms with E-state index in [4.69, 9.17) is 4.74 Å². The van der Waals surface area contributed by atoms with Crippen LogP contribution in [0.3, 0.4) is 0 Å². The molecule has 1 unspecified atom stereocenters. The fourth-order valence-corrected chi connectivity index (χ4v) is 1.57. The lowest BCUT2D eigenvalue weighted by atomic mass is 10.1. The number of carbonyl (C=O) groups is 1. The Kier molecular flexibility index (Phi) is 5.53. The van der Waals surface area contributed by atoms with E-state index in [9.17, 15) is 4.79 Å². The van der Waals surface area contributed by atoms with Gasteiger partial charge in [0.25, 0.3) is 0 Å². The molecule has 2 nitrogen and oxygen atoms in total. The van der Waals surface area contributed by atoms with E-state index < -0.39 is 0 Å². The van der Waals surface area contributed by atoms with Crippen molar-refractivity contribution in [3.8, 4) is 5.75 Å². The lowest BCUT2D eigenvalue weighted by Gasteiger charge is -2.07. The molecular formula is C13H17BrO2. The predicted molar refractivity (Wildman–Crippen MR) is 69.6 cm³/mol. The third kappa shape index (κ3) is 3.63. The maximum atomic E-state index is 11.8. The largest absolute Gasteiger partial charge is 0.494 e. The lowest BCUT2D eigenvalue weighted by Crippen LogP contribution is -2.12. The molecule has 1 aromatic carbocycles. The van der Waals surface area contributed by atoms with Gasteiger partial charge in [-0.15, -0.1) is 0 Å². The highest BCUT2D eigenvalue weighted by Crippen LogP contribution is 2.17. The van der Waals surface area contributed by atoms with Crippen LogP contribution in [0, 0.1) is 0 Å². The smallest absolute Gasteiger partial charge is 0.176 e. The molecule has 0 aliphatic carbocycles. The van der Waals surface area contributed by atoms with Gasteiger partial charge in [0, 0.05) is 5.56 Å². The number of hydrogen-bond donors (Lipinski definition) is 0. The molecule has 0 N–H and O–H groups in total. The zero-order valence-electron chi connectivity index (χ0n) is 9.70. The van der Waals surface area contributed by atoms with Crippen LogP contribution in [0.2, 0.25) is 0 Å². The van der Waals surface area contributed by atoms with Crippen molar-refractivity contribution in [3.05, 3.63) is 29.8 Å². The second kappa shape index (κ2) is 6.69. The number of halogens is 1. The van der Waals surface area contributed by atoms with Crippen LogP contribution in [-0.2, 0) is 0 Å². The number of hydrogen-bond acceptors (Lipinski definition) is 2. The van der Waals surface area contributed by atoms with Crippen LogP contribution in [0.15, 0.2) is 24.3 Å². The van der Waals surface area contributed by atoms with Crippen LogP contribution in [0.25, 0.3) is 0 Å². The molecule has 0 saturated carbocycles. The van der Waals surface area contributed by atoms with Gasteiger partial charge in [-0.05, 0) is 37.1 Å². The summed E-state index contributed by atoms with van der Waals surface area (Å²) in [6.45, 7) is 4.76. The minimum absolute atomic E-state index is 0.0880. The van der Waals surface area contributed by atoms with Crippen LogP contribution in [0.1, 0.15) is 37.0 Å². The zero-order valence-corrected chi connectivity index (χ0v) is 11.3. The van der Waals surface area contributed by atoms with Crippen molar-refractivity contribution in [2.24, 2.45) is 0 Å². The van der Waals surface area contributed by atoms with Gasteiger partial charge < -0.3 is 4.74 Å². The van der Waals surface area contributed by atoms with E-state index in [2.05, 4.69) is 22.9 Å². The first-order valence-electron chi connectivity index (χ1n) is 5.60. The van der Waals surface area contributed by atoms with Crippen molar-refractivity contribution in [1.29, 1.82) is 0 Å². The van der Waals surface area contributed by atoms with Crippen molar-refractivity contribution in [2.75, 3.05) is 6.61 Å². The average Bonchev–Trinajstić information content (AvgIpc) is 2.35. The quantitative estimate of drug-likeness (QED) is 0.586. The van der Waals surface area contributed by atoms with Gasteiger partial charge in [-0.1, -0.05) is 29.8 Å². The van der Waals surface area contributed by atoms with Crippen LogP contribution >= 0.6 is 15.9 Å². The normalized spacial score (nSPS) is 12.2. The highest BCUT2D eigenvalue weighted by molar-refractivity contribution is 9.10. The Balaban J connectivity index is 2.67. The van der Waals surface area contributed by atoms with Gasteiger partial charge >= 0.3 is 0 Å². The molecule has 0 aromatic heterocycles. The Morgan fingerprint density at radius 3 is 2.44 bits per heavy atom. The van der Waals surface area contributed by atoms with E-state index in [-0.39, 0.29) is 10.6 Å². The Hall–Kier alpha value is -0.830. The third-order valence-corrected chi connectivity index (χ3v) is 3.32. The van der Waals surface area contributed by atoms with E-state index in [0.717, 1.165) is 24.2 Å². The van der Waals surface area contributed by atoms with Crippen molar-refractivity contribution in [3.63, 3.8) is 0 Å². The van der Waals surface area contributed by atoms with Crippen molar-refractivity contribution in [2.45, 2.75) is 31.5 Å². The molecular weight excluding hydrogens is 268 g/mol. The highest BCUT2D eigenvalue weighted by Gasteiger charge is 2.14.